The molecule has 6 nitrogen and oxygen atoms in total. The third-order valence-corrected chi connectivity index (χ3v) is 5.90. The standard InChI is InChI=1S/C23H24BrN3O3/c1-3-5-13-26-21(28)19(22(29)30-4-2)20(15-9-8-10-16(24)14-15)27-18-12-7-6-11-17(18)25-23(26)27/h6-12,14,19-20H,3-5,13H2,1-2H3/t19-,20+/m0/s1. The fraction of sp³-hybridized carbons (Fsp3) is 0.348. The first kappa shape index (κ1) is 20.6. The minimum atomic E-state index is -0.971. The van der Waals surface area contributed by atoms with Crippen molar-refractivity contribution in [2.75, 3.05) is 18.1 Å². The number of esters is 1. The molecule has 0 saturated heterocycles. The number of benzene rings is 2. The van der Waals surface area contributed by atoms with Crippen molar-refractivity contribution in [3.63, 3.8) is 0 Å². The maximum atomic E-state index is 13.6. The zero-order valence-corrected chi connectivity index (χ0v) is 18.6. The van der Waals surface area contributed by atoms with E-state index in [9.17, 15) is 9.59 Å². The second kappa shape index (κ2) is 8.60. The summed E-state index contributed by atoms with van der Waals surface area (Å²) in [6.45, 7) is 4.57. The van der Waals surface area contributed by atoms with Gasteiger partial charge in [0, 0.05) is 11.0 Å². The molecule has 0 unspecified atom stereocenters. The Labute approximate surface area is 184 Å². The average molecular weight is 470 g/mol. The number of para-hydroxylation sites is 2. The first-order valence-electron chi connectivity index (χ1n) is 10.3. The van der Waals surface area contributed by atoms with Gasteiger partial charge >= 0.3 is 5.97 Å². The summed E-state index contributed by atoms with van der Waals surface area (Å²) in [6, 6.07) is 15.0. The van der Waals surface area contributed by atoms with Crippen molar-refractivity contribution >= 4 is 44.8 Å². The molecule has 7 heteroatoms. The molecule has 3 aromatic rings. The van der Waals surface area contributed by atoms with Crippen LogP contribution in [-0.4, -0.2) is 34.6 Å². The molecule has 1 aliphatic heterocycles. The molecule has 2 aromatic carbocycles. The van der Waals surface area contributed by atoms with Gasteiger partial charge in [0.1, 0.15) is 0 Å². The molecule has 0 radical (unpaired) electrons. The van der Waals surface area contributed by atoms with Crippen molar-refractivity contribution in [2.45, 2.75) is 32.7 Å². The van der Waals surface area contributed by atoms with Crippen LogP contribution >= 0.6 is 15.9 Å². The van der Waals surface area contributed by atoms with E-state index in [-0.39, 0.29) is 12.5 Å². The lowest BCUT2D eigenvalue weighted by atomic mass is 9.89. The van der Waals surface area contributed by atoms with E-state index < -0.39 is 17.9 Å². The summed E-state index contributed by atoms with van der Waals surface area (Å²) in [5.74, 6) is -1.14. The van der Waals surface area contributed by atoms with Crippen molar-refractivity contribution in [1.82, 2.24) is 9.55 Å². The highest BCUT2D eigenvalue weighted by atomic mass is 79.9. The van der Waals surface area contributed by atoms with Crippen LogP contribution in [0, 0.1) is 5.92 Å². The Hall–Kier alpha value is -2.67. The maximum absolute atomic E-state index is 13.6. The first-order chi connectivity index (χ1) is 14.6. The summed E-state index contributed by atoms with van der Waals surface area (Å²) in [4.78, 5) is 33.1. The van der Waals surface area contributed by atoms with Gasteiger partial charge in [0.25, 0.3) is 0 Å². The van der Waals surface area contributed by atoms with E-state index in [2.05, 4.69) is 22.9 Å². The van der Waals surface area contributed by atoms with Gasteiger partial charge in [-0.1, -0.05) is 53.5 Å². The molecule has 2 heterocycles. The number of nitrogens with zero attached hydrogens (tertiary/aromatic N) is 3. The highest BCUT2D eigenvalue weighted by Crippen LogP contribution is 2.41. The Bertz CT molecular complexity index is 1090. The van der Waals surface area contributed by atoms with E-state index in [0.717, 1.165) is 33.9 Å². The van der Waals surface area contributed by atoms with E-state index in [1.165, 1.54) is 0 Å². The predicted octanol–water partition coefficient (Wildman–Crippen LogP) is 4.71. The SMILES string of the molecule is CCCCN1C(=O)[C@@H](C(=O)OCC)[C@@H](c2cccc(Br)c2)n2c1nc1ccccc12. The van der Waals surface area contributed by atoms with E-state index in [1.54, 1.807) is 11.8 Å². The molecule has 0 saturated carbocycles. The summed E-state index contributed by atoms with van der Waals surface area (Å²) < 4.78 is 8.27. The second-order valence-electron chi connectivity index (χ2n) is 7.34. The number of halogens is 1. The van der Waals surface area contributed by atoms with Crippen LogP contribution in [0.2, 0.25) is 0 Å². The number of fused-ring (bicyclic) bond motifs is 3. The fourth-order valence-corrected chi connectivity index (χ4v) is 4.48. The summed E-state index contributed by atoms with van der Waals surface area (Å²) in [7, 11) is 0. The molecule has 156 valence electrons. The van der Waals surface area contributed by atoms with Crippen LogP contribution in [0.3, 0.4) is 0 Å². The Morgan fingerprint density at radius 3 is 2.70 bits per heavy atom. The molecule has 1 aliphatic rings. The molecular weight excluding hydrogens is 446 g/mol. The minimum absolute atomic E-state index is 0.223. The van der Waals surface area contributed by atoms with Gasteiger partial charge in [0.2, 0.25) is 11.9 Å². The van der Waals surface area contributed by atoms with Gasteiger partial charge in [-0.15, -0.1) is 0 Å². The van der Waals surface area contributed by atoms with Crippen LogP contribution in [0.1, 0.15) is 38.3 Å². The molecule has 2 atom stereocenters. The number of hydrogen-bond donors (Lipinski definition) is 0. The number of carbonyl (C=O) groups is 2. The van der Waals surface area contributed by atoms with Crippen molar-refractivity contribution in [3.8, 4) is 0 Å². The monoisotopic (exact) mass is 469 g/mol. The normalized spacial score (nSPS) is 18.5. The topological polar surface area (TPSA) is 64.4 Å². The van der Waals surface area contributed by atoms with Crippen LogP contribution in [0.15, 0.2) is 53.0 Å². The first-order valence-corrected chi connectivity index (χ1v) is 11.1. The smallest absolute Gasteiger partial charge is 0.321 e. The van der Waals surface area contributed by atoms with Crippen molar-refractivity contribution in [1.29, 1.82) is 0 Å². The number of ether oxygens (including phenoxy) is 1. The molecule has 1 amide bonds. The van der Waals surface area contributed by atoms with E-state index in [1.807, 2.05) is 53.1 Å². The van der Waals surface area contributed by atoms with Crippen LogP contribution in [0.4, 0.5) is 5.95 Å². The van der Waals surface area contributed by atoms with E-state index in [4.69, 9.17) is 9.72 Å². The second-order valence-corrected chi connectivity index (χ2v) is 8.26. The number of aromatic nitrogens is 2. The minimum Gasteiger partial charge on any atom is -0.465 e. The lowest BCUT2D eigenvalue weighted by Gasteiger charge is -2.38. The number of unbranched alkanes of at least 4 members (excludes halogenated alkanes) is 1. The molecule has 0 spiro atoms. The Balaban J connectivity index is 1.98. The van der Waals surface area contributed by atoms with Crippen LogP contribution in [0.25, 0.3) is 11.0 Å². The molecule has 0 fully saturated rings. The third kappa shape index (κ3) is 3.51. The van der Waals surface area contributed by atoms with Gasteiger partial charge in [-0.2, -0.15) is 0 Å². The van der Waals surface area contributed by atoms with Crippen LogP contribution in [0.5, 0.6) is 0 Å². The summed E-state index contributed by atoms with van der Waals surface area (Å²) in [5, 5.41) is 0. The van der Waals surface area contributed by atoms with Crippen molar-refractivity contribution in [3.05, 3.63) is 58.6 Å². The number of anilines is 1. The number of imidazole rings is 1. The molecule has 30 heavy (non-hydrogen) atoms. The summed E-state index contributed by atoms with van der Waals surface area (Å²) >= 11 is 3.52. The molecule has 1 aromatic heterocycles. The van der Waals surface area contributed by atoms with Crippen LogP contribution < -0.4 is 4.90 Å². The Morgan fingerprint density at radius 1 is 1.17 bits per heavy atom. The summed E-state index contributed by atoms with van der Waals surface area (Å²) in [6.07, 6.45) is 1.76. The number of hydrogen-bond acceptors (Lipinski definition) is 4. The highest BCUT2D eigenvalue weighted by molar-refractivity contribution is 9.10. The molecule has 4 rings (SSSR count). The number of carbonyl (C=O) groups excluding carboxylic acids is 2. The lowest BCUT2D eigenvalue weighted by Crippen LogP contribution is -2.50. The van der Waals surface area contributed by atoms with E-state index in [0.29, 0.717) is 12.5 Å². The molecule has 0 bridgehead atoms. The Kier molecular flexibility index (Phi) is 5.90. The molecule has 0 aliphatic carbocycles. The Morgan fingerprint density at radius 2 is 1.97 bits per heavy atom. The van der Waals surface area contributed by atoms with Gasteiger partial charge in [0.05, 0.1) is 23.7 Å². The summed E-state index contributed by atoms with van der Waals surface area (Å²) in [5.41, 5.74) is 2.54. The predicted molar refractivity (Wildman–Crippen MR) is 119 cm³/mol. The fourth-order valence-electron chi connectivity index (χ4n) is 4.07. The zero-order valence-electron chi connectivity index (χ0n) is 17.0. The van der Waals surface area contributed by atoms with Crippen molar-refractivity contribution < 1.29 is 14.3 Å². The van der Waals surface area contributed by atoms with E-state index >= 15 is 0 Å². The molecular formula is C23H24BrN3O3. The highest BCUT2D eigenvalue weighted by Gasteiger charge is 2.47. The quantitative estimate of drug-likeness (QED) is 0.387. The van der Waals surface area contributed by atoms with Gasteiger partial charge in [-0.3, -0.25) is 14.5 Å². The molecule has 0 N–H and O–H groups in total. The zero-order chi connectivity index (χ0) is 21.3. The number of rotatable bonds is 6. The lowest BCUT2D eigenvalue weighted by molar-refractivity contribution is -0.153. The largest absolute Gasteiger partial charge is 0.465 e. The van der Waals surface area contributed by atoms with Gasteiger partial charge in [0.15, 0.2) is 5.92 Å². The maximum Gasteiger partial charge on any atom is 0.321 e. The van der Waals surface area contributed by atoms with Gasteiger partial charge < -0.3 is 9.30 Å². The van der Waals surface area contributed by atoms with Gasteiger partial charge in [-0.25, -0.2) is 4.98 Å². The number of amides is 1. The van der Waals surface area contributed by atoms with Crippen molar-refractivity contribution in [2.24, 2.45) is 5.92 Å². The third-order valence-electron chi connectivity index (χ3n) is 5.41. The van der Waals surface area contributed by atoms with Crippen LogP contribution in [-0.2, 0) is 14.3 Å². The van der Waals surface area contributed by atoms with Gasteiger partial charge in [-0.05, 0) is 43.2 Å². The average Bonchev–Trinajstić information content (AvgIpc) is 3.11.